The van der Waals surface area contributed by atoms with Gasteiger partial charge in [-0.2, -0.15) is 5.26 Å². The van der Waals surface area contributed by atoms with Crippen LogP contribution < -0.4 is 10.6 Å². The Morgan fingerprint density at radius 1 is 1.41 bits per heavy atom. The standard InChI is InChI=1S/C19H19N7O2S/c20-6-9-26-8-1-4-16(26)14-5-7-21-18(23-14)25-19-24-15(12-29-19)17(27)22-11-13-3-2-10-28-13/h2-3,5,7,10,12,16H,1,4,8-9,11H2,(H,22,27)(H,21,23,24,25)/t16-/m1/s1. The maximum atomic E-state index is 12.2. The predicted octanol–water partition coefficient (Wildman–Crippen LogP) is 2.86. The summed E-state index contributed by atoms with van der Waals surface area (Å²) < 4.78 is 5.20. The van der Waals surface area contributed by atoms with Crippen LogP contribution >= 0.6 is 11.3 Å². The highest BCUT2D eigenvalue weighted by Crippen LogP contribution is 2.30. The van der Waals surface area contributed by atoms with Gasteiger partial charge in [-0.3, -0.25) is 9.69 Å². The van der Waals surface area contributed by atoms with Gasteiger partial charge < -0.3 is 15.1 Å². The number of nitriles is 1. The molecule has 0 radical (unpaired) electrons. The molecule has 10 heteroatoms. The van der Waals surface area contributed by atoms with Crippen molar-refractivity contribution in [2.75, 3.05) is 18.4 Å². The van der Waals surface area contributed by atoms with Crippen LogP contribution in [0.15, 0.2) is 40.5 Å². The molecule has 4 rings (SSSR count). The molecule has 9 nitrogen and oxygen atoms in total. The molecule has 29 heavy (non-hydrogen) atoms. The second-order valence-corrected chi connectivity index (χ2v) is 7.37. The van der Waals surface area contributed by atoms with Crippen LogP contribution in [-0.2, 0) is 6.54 Å². The van der Waals surface area contributed by atoms with Crippen molar-refractivity contribution in [3.63, 3.8) is 0 Å². The van der Waals surface area contributed by atoms with E-state index >= 15 is 0 Å². The monoisotopic (exact) mass is 409 g/mol. The smallest absolute Gasteiger partial charge is 0.271 e. The van der Waals surface area contributed by atoms with E-state index in [4.69, 9.17) is 9.68 Å². The lowest BCUT2D eigenvalue weighted by atomic mass is 10.1. The fraction of sp³-hybridized carbons (Fsp3) is 0.316. The third kappa shape index (κ3) is 4.59. The SMILES string of the molecule is N#CCN1CCC[C@@H]1c1ccnc(Nc2nc(C(=O)NCc3ccco3)cs2)n1. The number of nitrogens with zero attached hydrogens (tertiary/aromatic N) is 5. The van der Waals surface area contributed by atoms with Crippen molar-refractivity contribution in [2.24, 2.45) is 0 Å². The van der Waals surface area contributed by atoms with Crippen LogP contribution in [0.25, 0.3) is 0 Å². The minimum atomic E-state index is -0.279. The molecule has 0 unspecified atom stereocenters. The van der Waals surface area contributed by atoms with E-state index in [9.17, 15) is 4.79 Å². The molecule has 4 heterocycles. The molecular weight excluding hydrogens is 390 g/mol. The molecule has 1 fully saturated rings. The van der Waals surface area contributed by atoms with E-state index in [2.05, 4.69) is 36.6 Å². The summed E-state index contributed by atoms with van der Waals surface area (Å²) in [5.74, 6) is 0.816. The van der Waals surface area contributed by atoms with E-state index < -0.39 is 0 Å². The summed E-state index contributed by atoms with van der Waals surface area (Å²) in [5.41, 5.74) is 1.19. The van der Waals surface area contributed by atoms with E-state index in [-0.39, 0.29) is 11.9 Å². The van der Waals surface area contributed by atoms with Gasteiger partial charge in [-0.05, 0) is 37.6 Å². The lowest BCUT2D eigenvalue weighted by Gasteiger charge is -2.21. The molecular formula is C19H19N7O2S. The molecule has 148 valence electrons. The third-order valence-electron chi connectivity index (χ3n) is 4.61. The zero-order chi connectivity index (χ0) is 20.1. The Morgan fingerprint density at radius 2 is 2.34 bits per heavy atom. The summed E-state index contributed by atoms with van der Waals surface area (Å²) in [5, 5.41) is 17.0. The maximum absolute atomic E-state index is 12.2. The van der Waals surface area contributed by atoms with Crippen molar-refractivity contribution in [3.05, 3.63) is 53.2 Å². The van der Waals surface area contributed by atoms with Gasteiger partial charge in [0, 0.05) is 11.6 Å². The number of likely N-dealkylation sites (tertiary alicyclic amines) is 1. The second kappa shape index (κ2) is 8.81. The molecule has 0 spiro atoms. The number of thiazole rings is 1. The molecule has 0 bridgehead atoms. The van der Waals surface area contributed by atoms with Crippen LogP contribution in [0.3, 0.4) is 0 Å². The zero-order valence-corrected chi connectivity index (χ0v) is 16.4. The quantitative estimate of drug-likeness (QED) is 0.572. The number of nitrogens with one attached hydrogen (secondary N) is 2. The van der Waals surface area contributed by atoms with Gasteiger partial charge in [0.05, 0.1) is 37.2 Å². The van der Waals surface area contributed by atoms with Crippen molar-refractivity contribution >= 4 is 28.3 Å². The van der Waals surface area contributed by atoms with Gasteiger partial charge in [-0.25, -0.2) is 15.0 Å². The van der Waals surface area contributed by atoms with Gasteiger partial charge in [0.1, 0.15) is 11.5 Å². The molecule has 0 aromatic carbocycles. The molecule has 0 saturated carbocycles. The van der Waals surface area contributed by atoms with Gasteiger partial charge in [0.25, 0.3) is 5.91 Å². The van der Waals surface area contributed by atoms with Crippen molar-refractivity contribution in [1.82, 2.24) is 25.2 Å². The Kier molecular flexibility index (Phi) is 5.79. The number of carbonyl (C=O) groups is 1. The normalized spacial score (nSPS) is 16.4. The number of rotatable bonds is 7. The average Bonchev–Trinajstić information content (AvgIpc) is 3.49. The van der Waals surface area contributed by atoms with Crippen molar-refractivity contribution in [1.29, 1.82) is 5.26 Å². The lowest BCUT2D eigenvalue weighted by Crippen LogP contribution is -2.24. The highest BCUT2D eigenvalue weighted by molar-refractivity contribution is 7.14. The first-order valence-corrected chi connectivity index (χ1v) is 10.1. The minimum absolute atomic E-state index is 0.123. The maximum Gasteiger partial charge on any atom is 0.271 e. The predicted molar refractivity (Wildman–Crippen MR) is 106 cm³/mol. The zero-order valence-electron chi connectivity index (χ0n) is 15.5. The largest absolute Gasteiger partial charge is 0.467 e. The van der Waals surface area contributed by atoms with Gasteiger partial charge in [-0.15, -0.1) is 11.3 Å². The molecule has 3 aromatic rings. The number of carbonyl (C=O) groups excluding carboxylic acids is 1. The fourth-order valence-corrected chi connectivity index (χ4v) is 3.95. The highest BCUT2D eigenvalue weighted by Gasteiger charge is 2.27. The van der Waals surface area contributed by atoms with Crippen LogP contribution in [0.2, 0.25) is 0 Å². The first-order valence-electron chi connectivity index (χ1n) is 9.20. The van der Waals surface area contributed by atoms with Gasteiger partial charge in [0.15, 0.2) is 5.13 Å². The van der Waals surface area contributed by atoms with Gasteiger partial charge >= 0.3 is 0 Å². The second-order valence-electron chi connectivity index (χ2n) is 6.52. The Labute approximate surface area is 171 Å². The molecule has 1 aliphatic rings. The first kappa shape index (κ1) is 19.0. The Bertz CT molecular complexity index is 1010. The van der Waals surface area contributed by atoms with E-state index in [1.54, 1.807) is 30.0 Å². The fourth-order valence-electron chi connectivity index (χ4n) is 3.26. The minimum Gasteiger partial charge on any atom is -0.467 e. The van der Waals surface area contributed by atoms with Crippen LogP contribution in [0.1, 0.15) is 40.8 Å². The summed E-state index contributed by atoms with van der Waals surface area (Å²) in [4.78, 5) is 27.5. The van der Waals surface area contributed by atoms with Crippen LogP contribution in [0.5, 0.6) is 0 Å². The Morgan fingerprint density at radius 3 is 3.17 bits per heavy atom. The number of hydrogen-bond donors (Lipinski definition) is 2. The molecule has 1 atom stereocenters. The molecule has 2 N–H and O–H groups in total. The number of furan rings is 1. The number of anilines is 2. The summed E-state index contributed by atoms with van der Waals surface area (Å²) >= 11 is 1.30. The summed E-state index contributed by atoms with van der Waals surface area (Å²) in [7, 11) is 0. The van der Waals surface area contributed by atoms with Gasteiger partial charge in [-0.1, -0.05) is 0 Å². The molecule has 3 aromatic heterocycles. The first-order chi connectivity index (χ1) is 14.2. The van der Waals surface area contributed by atoms with Crippen LogP contribution in [-0.4, -0.2) is 38.8 Å². The van der Waals surface area contributed by atoms with Crippen LogP contribution in [0, 0.1) is 11.3 Å². The molecule has 1 aliphatic heterocycles. The van der Waals surface area contributed by atoms with E-state index in [1.165, 1.54) is 11.3 Å². The van der Waals surface area contributed by atoms with Crippen molar-refractivity contribution < 1.29 is 9.21 Å². The topological polar surface area (TPSA) is 120 Å². The number of aromatic nitrogens is 3. The molecule has 0 aliphatic carbocycles. The van der Waals surface area contributed by atoms with Gasteiger partial charge in [0.2, 0.25) is 5.95 Å². The Hall–Kier alpha value is -3.29. The van der Waals surface area contributed by atoms with E-state index in [0.717, 1.165) is 25.1 Å². The Balaban J connectivity index is 1.40. The van der Waals surface area contributed by atoms with Crippen LogP contribution in [0.4, 0.5) is 11.1 Å². The van der Waals surface area contributed by atoms with E-state index in [1.807, 2.05) is 6.07 Å². The van der Waals surface area contributed by atoms with E-state index in [0.29, 0.717) is 35.6 Å². The third-order valence-corrected chi connectivity index (χ3v) is 5.37. The summed E-state index contributed by atoms with van der Waals surface area (Å²) in [6, 6.07) is 7.77. The molecule has 1 saturated heterocycles. The lowest BCUT2D eigenvalue weighted by molar-refractivity contribution is 0.0944. The molecule has 1 amide bonds. The number of amides is 1. The highest BCUT2D eigenvalue weighted by atomic mass is 32.1. The summed E-state index contributed by atoms with van der Waals surface area (Å²) in [6.45, 7) is 1.59. The van der Waals surface area contributed by atoms with Crippen molar-refractivity contribution in [3.8, 4) is 6.07 Å². The number of hydrogen-bond acceptors (Lipinski definition) is 9. The average molecular weight is 409 g/mol. The summed E-state index contributed by atoms with van der Waals surface area (Å²) in [6.07, 6.45) is 5.27. The van der Waals surface area contributed by atoms with Crippen molar-refractivity contribution in [2.45, 2.75) is 25.4 Å².